The second kappa shape index (κ2) is 14.3. The van der Waals surface area contributed by atoms with Crippen molar-refractivity contribution < 1.29 is 14.6 Å². The normalized spacial score (nSPS) is 20.8. The van der Waals surface area contributed by atoms with E-state index in [1.165, 1.54) is 21.3 Å². The summed E-state index contributed by atoms with van der Waals surface area (Å²) in [5, 5.41) is 23.0. The number of nitrogens with zero attached hydrogens (tertiary/aromatic N) is 8. The zero-order chi connectivity index (χ0) is 33.8. The van der Waals surface area contributed by atoms with E-state index in [9.17, 15) is 9.90 Å². The average Bonchev–Trinajstić information content (AvgIpc) is 3.90. The molecule has 2 aromatic heterocycles. The monoisotopic (exact) mass is 664 g/mol. The van der Waals surface area contributed by atoms with Gasteiger partial charge >= 0.3 is 5.69 Å². The zero-order valence-electron chi connectivity index (χ0n) is 28.1. The molecule has 2 fully saturated rings. The van der Waals surface area contributed by atoms with Gasteiger partial charge in [-0.2, -0.15) is 20.1 Å². The third-order valence-electron chi connectivity index (χ3n) is 9.82. The van der Waals surface area contributed by atoms with Crippen LogP contribution in [-0.2, 0) is 16.9 Å². The zero-order valence-corrected chi connectivity index (χ0v) is 28.1. The predicted octanol–water partition coefficient (Wildman–Crippen LogP) is 4.30. The smallest absolute Gasteiger partial charge is 0.350 e. The van der Waals surface area contributed by atoms with Gasteiger partial charge in [0.1, 0.15) is 17.7 Å². The van der Waals surface area contributed by atoms with Gasteiger partial charge in [-0.1, -0.05) is 37.3 Å². The molecule has 12 nitrogen and oxygen atoms in total. The van der Waals surface area contributed by atoms with E-state index in [4.69, 9.17) is 9.47 Å². The molecule has 2 aliphatic heterocycles. The quantitative estimate of drug-likeness (QED) is 0.209. The van der Waals surface area contributed by atoms with Gasteiger partial charge in [-0.15, -0.1) is 0 Å². The maximum atomic E-state index is 13.0. The number of benzene rings is 3. The Morgan fingerprint density at radius 3 is 2.10 bits per heavy atom. The van der Waals surface area contributed by atoms with Crippen LogP contribution in [0.2, 0.25) is 0 Å². The molecule has 0 amide bonds. The summed E-state index contributed by atoms with van der Waals surface area (Å²) in [6.45, 7) is 8.97. The lowest BCUT2D eigenvalue weighted by molar-refractivity contribution is -0.0209. The number of aromatic nitrogens is 6. The Hall–Kier alpha value is -4.94. The van der Waals surface area contributed by atoms with E-state index in [2.05, 4.69) is 73.6 Å². The molecule has 2 aliphatic rings. The molecular weight excluding hydrogens is 620 g/mol. The minimum Gasteiger partial charge on any atom is -0.493 e. The standard InChI is InChI=1S/C37H44N8O4/c1-3-35(28(2)46)45-36(47)43(27-40-45)33-11-9-31(10-12-33)41-19-21-42(22-20-41)32-13-15-34(16-14-32)48-24-29-23-37(49-25-29,26-44-38-17-18-39-44)30-7-5-4-6-8-30/h4-18,27-29,35,46H,3,19-26H2,1-2H3/t28-,29-,35-,37+/m0/s1. The van der Waals surface area contributed by atoms with Crippen LogP contribution < -0.4 is 20.2 Å². The van der Waals surface area contributed by atoms with Gasteiger partial charge in [0, 0.05) is 43.5 Å². The molecule has 5 aromatic rings. The highest BCUT2D eigenvalue weighted by Crippen LogP contribution is 2.40. The maximum Gasteiger partial charge on any atom is 0.350 e. The minimum absolute atomic E-state index is 0.248. The first-order valence-corrected chi connectivity index (χ1v) is 17.1. The van der Waals surface area contributed by atoms with Crippen LogP contribution >= 0.6 is 0 Å². The Balaban J connectivity index is 0.913. The summed E-state index contributed by atoms with van der Waals surface area (Å²) in [7, 11) is 0. The molecule has 0 saturated carbocycles. The van der Waals surface area contributed by atoms with E-state index < -0.39 is 11.7 Å². The second-order valence-electron chi connectivity index (χ2n) is 13.0. The summed E-state index contributed by atoms with van der Waals surface area (Å²) >= 11 is 0. The molecule has 7 rings (SSSR count). The van der Waals surface area contributed by atoms with Crippen LogP contribution in [-0.4, -0.2) is 79.9 Å². The lowest BCUT2D eigenvalue weighted by Gasteiger charge is -2.37. The Morgan fingerprint density at radius 2 is 1.49 bits per heavy atom. The molecule has 0 spiro atoms. The van der Waals surface area contributed by atoms with Crippen molar-refractivity contribution in [1.82, 2.24) is 29.3 Å². The van der Waals surface area contributed by atoms with Crippen LogP contribution in [0.5, 0.6) is 5.75 Å². The van der Waals surface area contributed by atoms with Crippen molar-refractivity contribution in [3.05, 3.63) is 114 Å². The molecule has 3 aromatic carbocycles. The summed E-state index contributed by atoms with van der Waals surface area (Å²) in [6, 6.07) is 26.4. The highest BCUT2D eigenvalue weighted by molar-refractivity contribution is 5.54. The lowest BCUT2D eigenvalue weighted by atomic mass is 9.87. The van der Waals surface area contributed by atoms with Crippen LogP contribution in [0, 0.1) is 5.92 Å². The number of ether oxygens (including phenoxy) is 2. The Bertz CT molecular complexity index is 1830. The maximum absolute atomic E-state index is 13.0. The molecule has 4 heterocycles. The van der Waals surface area contributed by atoms with Gasteiger partial charge < -0.3 is 24.4 Å². The fourth-order valence-corrected chi connectivity index (χ4v) is 7.12. The van der Waals surface area contributed by atoms with Gasteiger partial charge in [0.15, 0.2) is 0 Å². The molecule has 2 saturated heterocycles. The van der Waals surface area contributed by atoms with E-state index in [0.29, 0.717) is 26.2 Å². The van der Waals surface area contributed by atoms with Gasteiger partial charge in [-0.3, -0.25) is 0 Å². The first-order chi connectivity index (χ1) is 23.9. The van der Waals surface area contributed by atoms with E-state index in [1.807, 2.05) is 37.3 Å². The molecule has 0 bridgehead atoms. The highest BCUT2D eigenvalue weighted by atomic mass is 16.5. The van der Waals surface area contributed by atoms with Crippen molar-refractivity contribution in [2.75, 3.05) is 49.2 Å². The first-order valence-electron chi connectivity index (χ1n) is 17.1. The lowest BCUT2D eigenvalue weighted by Crippen LogP contribution is -2.46. The van der Waals surface area contributed by atoms with Crippen molar-refractivity contribution in [2.24, 2.45) is 5.92 Å². The molecular formula is C37H44N8O4. The summed E-state index contributed by atoms with van der Waals surface area (Å²) in [4.78, 5) is 19.5. The van der Waals surface area contributed by atoms with Crippen molar-refractivity contribution in [2.45, 2.75) is 51.0 Å². The molecule has 4 atom stereocenters. The Labute approximate surface area is 286 Å². The number of piperazine rings is 1. The molecule has 0 radical (unpaired) electrons. The van der Waals surface area contributed by atoms with Gasteiger partial charge in [0.25, 0.3) is 0 Å². The minimum atomic E-state index is -0.657. The van der Waals surface area contributed by atoms with Crippen molar-refractivity contribution in [3.8, 4) is 11.4 Å². The topological polar surface area (TPSA) is 116 Å². The molecule has 1 N–H and O–H groups in total. The number of aliphatic hydroxyl groups is 1. The highest BCUT2D eigenvalue weighted by Gasteiger charge is 2.43. The summed E-state index contributed by atoms with van der Waals surface area (Å²) in [5.74, 6) is 1.11. The summed E-state index contributed by atoms with van der Waals surface area (Å²) in [6.07, 6.45) is 5.72. The SMILES string of the molecule is CC[C@@H]([C@H](C)O)n1ncn(-c2ccc(N3CCN(c4ccc(OC[C@H]5CO[C@](Cn6nccn6)(c6ccccc6)C5)cc4)CC3)cc2)c1=O. The van der Waals surface area contributed by atoms with Gasteiger partial charge in [-0.05, 0) is 73.9 Å². The number of anilines is 2. The Morgan fingerprint density at radius 1 is 0.878 bits per heavy atom. The van der Waals surface area contributed by atoms with E-state index in [1.54, 1.807) is 24.1 Å². The van der Waals surface area contributed by atoms with Crippen LogP contribution in [0.3, 0.4) is 0 Å². The number of hydrogen-bond donors (Lipinski definition) is 1. The summed E-state index contributed by atoms with van der Waals surface area (Å²) in [5.41, 5.74) is 3.46. The van der Waals surface area contributed by atoms with Gasteiger partial charge in [0.05, 0.1) is 50.0 Å². The molecule has 0 unspecified atom stereocenters. The molecule has 12 heteroatoms. The van der Waals surface area contributed by atoms with Crippen molar-refractivity contribution in [1.29, 1.82) is 0 Å². The first kappa shape index (κ1) is 32.6. The number of aliphatic hydroxyl groups excluding tert-OH is 1. The third kappa shape index (κ3) is 6.97. The van der Waals surface area contributed by atoms with Gasteiger partial charge in [-0.25, -0.2) is 14.0 Å². The number of rotatable bonds is 12. The third-order valence-corrected chi connectivity index (χ3v) is 9.82. The largest absolute Gasteiger partial charge is 0.493 e. The van der Waals surface area contributed by atoms with Crippen molar-refractivity contribution >= 4 is 11.4 Å². The molecule has 0 aliphatic carbocycles. The van der Waals surface area contributed by atoms with E-state index in [-0.39, 0.29) is 17.6 Å². The van der Waals surface area contributed by atoms with E-state index >= 15 is 0 Å². The summed E-state index contributed by atoms with van der Waals surface area (Å²) < 4.78 is 15.6. The molecule has 49 heavy (non-hydrogen) atoms. The van der Waals surface area contributed by atoms with Crippen LogP contribution in [0.1, 0.15) is 38.3 Å². The van der Waals surface area contributed by atoms with Crippen LogP contribution in [0.4, 0.5) is 11.4 Å². The fourth-order valence-electron chi connectivity index (χ4n) is 7.12. The Kier molecular flexibility index (Phi) is 9.49. The number of hydrogen-bond acceptors (Lipinski definition) is 9. The van der Waals surface area contributed by atoms with Gasteiger partial charge in [0.2, 0.25) is 0 Å². The predicted molar refractivity (Wildman–Crippen MR) is 187 cm³/mol. The van der Waals surface area contributed by atoms with Crippen LogP contribution in [0.15, 0.2) is 102 Å². The fraction of sp³-hybridized carbons (Fsp3) is 0.405. The average molecular weight is 665 g/mol. The molecule has 256 valence electrons. The van der Waals surface area contributed by atoms with Crippen LogP contribution in [0.25, 0.3) is 5.69 Å². The van der Waals surface area contributed by atoms with Crippen molar-refractivity contribution in [3.63, 3.8) is 0 Å². The second-order valence-corrected chi connectivity index (χ2v) is 13.0. The van der Waals surface area contributed by atoms with E-state index in [0.717, 1.165) is 55.3 Å².